The summed E-state index contributed by atoms with van der Waals surface area (Å²) in [6, 6.07) is 0. The van der Waals surface area contributed by atoms with E-state index in [1.807, 2.05) is 0 Å². The van der Waals surface area contributed by atoms with Crippen molar-refractivity contribution >= 4 is 16.9 Å². The Bertz CT molecular complexity index is 916. The molecule has 0 unspecified atom stereocenters. The van der Waals surface area contributed by atoms with Crippen LogP contribution in [0.5, 0.6) is 0 Å². The molecule has 3 rings (SSSR count). The topological polar surface area (TPSA) is 59.3 Å². The second-order valence-corrected chi connectivity index (χ2v) is 5.39. The standard InChI is InChI=1S/C15H11F4NO3/c1-2-20-12(5-3-4-5)7(15(22)23)14(21)6-8(16)9(17)10(18)11(19)13(6)20/h5H,2-4H2,1H3,(H,22,23). The van der Waals surface area contributed by atoms with Gasteiger partial charge in [0.2, 0.25) is 5.43 Å². The lowest BCUT2D eigenvalue weighted by Gasteiger charge is -2.18. The minimum atomic E-state index is -2.13. The van der Waals surface area contributed by atoms with E-state index in [9.17, 15) is 32.3 Å². The number of nitrogens with zero attached hydrogens (tertiary/aromatic N) is 1. The van der Waals surface area contributed by atoms with Crippen molar-refractivity contribution in [2.45, 2.75) is 32.2 Å². The summed E-state index contributed by atoms with van der Waals surface area (Å²) in [6.07, 6.45) is 1.16. The van der Waals surface area contributed by atoms with Crippen LogP contribution in [-0.4, -0.2) is 15.6 Å². The zero-order valence-electron chi connectivity index (χ0n) is 11.9. The van der Waals surface area contributed by atoms with Gasteiger partial charge in [0, 0.05) is 18.2 Å². The molecular weight excluding hydrogens is 318 g/mol. The van der Waals surface area contributed by atoms with E-state index >= 15 is 0 Å². The van der Waals surface area contributed by atoms with Crippen LogP contribution in [0.4, 0.5) is 17.6 Å². The molecule has 0 amide bonds. The fourth-order valence-corrected chi connectivity index (χ4v) is 2.89. The molecule has 0 saturated heterocycles. The second-order valence-electron chi connectivity index (χ2n) is 5.39. The number of carboxylic acids is 1. The molecule has 1 aromatic heterocycles. The third-order valence-corrected chi connectivity index (χ3v) is 4.01. The van der Waals surface area contributed by atoms with Gasteiger partial charge in [0.05, 0.1) is 10.9 Å². The van der Waals surface area contributed by atoms with E-state index in [2.05, 4.69) is 0 Å². The Kier molecular flexibility index (Phi) is 3.42. The SMILES string of the molecule is CCn1c(C2CC2)c(C(=O)O)c(=O)c2c(F)c(F)c(F)c(F)c21. The Morgan fingerprint density at radius 3 is 2.17 bits per heavy atom. The molecule has 0 radical (unpaired) electrons. The van der Waals surface area contributed by atoms with E-state index in [0.717, 1.165) is 4.57 Å². The lowest BCUT2D eigenvalue weighted by Crippen LogP contribution is -2.26. The third-order valence-electron chi connectivity index (χ3n) is 4.01. The van der Waals surface area contributed by atoms with E-state index in [1.54, 1.807) is 0 Å². The Morgan fingerprint density at radius 1 is 1.13 bits per heavy atom. The van der Waals surface area contributed by atoms with E-state index in [0.29, 0.717) is 12.8 Å². The number of pyridine rings is 1. The van der Waals surface area contributed by atoms with E-state index in [-0.39, 0.29) is 18.2 Å². The maximum Gasteiger partial charge on any atom is 0.341 e. The highest BCUT2D eigenvalue weighted by Crippen LogP contribution is 2.42. The fourth-order valence-electron chi connectivity index (χ4n) is 2.89. The Morgan fingerprint density at radius 2 is 1.70 bits per heavy atom. The average Bonchev–Trinajstić information content (AvgIpc) is 3.33. The van der Waals surface area contributed by atoms with Gasteiger partial charge < -0.3 is 9.67 Å². The molecule has 1 fully saturated rings. The summed E-state index contributed by atoms with van der Waals surface area (Å²) in [5.74, 6) is -9.64. The number of carboxylic acid groups (broad SMARTS) is 1. The van der Waals surface area contributed by atoms with Gasteiger partial charge >= 0.3 is 5.97 Å². The number of rotatable bonds is 3. The van der Waals surface area contributed by atoms with Crippen LogP contribution < -0.4 is 5.43 Å². The molecule has 8 heteroatoms. The van der Waals surface area contributed by atoms with Gasteiger partial charge in [-0.05, 0) is 19.8 Å². The number of fused-ring (bicyclic) bond motifs is 1. The van der Waals surface area contributed by atoms with Gasteiger partial charge in [-0.1, -0.05) is 0 Å². The van der Waals surface area contributed by atoms with Crippen LogP contribution in [0.1, 0.15) is 41.7 Å². The number of aryl methyl sites for hydroxylation is 1. The van der Waals surface area contributed by atoms with Crippen molar-refractivity contribution in [3.05, 3.63) is 44.7 Å². The van der Waals surface area contributed by atoms with Crippen LogP contribution in [0.3, 0.4) is 0 Å². The predicted octanol–water partition coefficient (Wildman–Crippen LogP) is 3.15. The van der Waals surface area contributed by atoms with Gasteiger partial charge in [-0.25, -0.2) is 22.4 Å². The Labute approximate surface area is 127 Å². The van der Waals surface area contributed by atoms with Crippen LogP contribution in [0.2, 0.25) is 0 Å². The molecular formula is C15H11F4NO3. The summed E-state index contributed by atoms with van der Waals surface area (Å²) >= 11 is 0. The van der Waals surface area contributed by atoms with Crippen LogP contribution in [0.15, 0.2) is 4.79 Å². The minimum Gasteiger partial charge on any atom is -0.477 e. The summed E-state index contributed by atoms with van der Waals surface area (Å²) in [5, 5.41) is 8.21. The predicted molar refractivity (Wildman–Crippen MR) is 72.6 cm³/mol. The maximum absolute atomic E-state index is 14.2. The summed E-state index contributed by atoms with van der Waals surface area (Å²) < 4.78 is 56.3. The number of hydrogen-bond donors (Lipinski definition) is 1. The highest BCUT2D eigenvalue weighted by atomic mass is 19.2. The molecule has 2 aromatic rings. The molecule has 1 saturated carbocycles. The second kappa shape index (κ2) is 5.07. The van der Waals surface area contributed by atoms with Gasteiger partial charge in [0.1, 0.15) is 5.56 Å². The van der Waals surface area contributed by atoms with Gasteiger partial charge in [-0.3, -0.25) is 4.79 Å². The first kappa shape index (κ1) is 15.5. The molecule has 1 aliphatic rings. The lowest BCUT2D eigenvalue weighted by atomic mass is 10.0. The third kappa shape index (κ3) is 2.04. The van der Waals surface area contributed by atoms with Crippen molar-refractivity contribution in [2.24, 2.45) is 0 Å². The monoisotopic (exact) mass is 329 g/mol. The number of benzene rings is 1. The summed E-state index contributed by atoms with van der Waals surface area (Å²) in [7, 11) is 0. The minimum absolute atomic E-state index is 0.0235. The molecule has 1 heterocycles. The normalized spacial score (nSPS) is 14.5. The largest absolute Gasteiger partial charge is 0.477 e. The van der Waals surface area contributed by atoms with Crippen molar-refractivity contribution in [1.82, 2.24) is 4.57 Å². The first-order valence-electron chi connectivity index (χ1n) is 6.96. The summed E-state index contributed by atoms with van der Waals surface area (Å²) in [4.78, 5) is 23.8. The molecule has 0 aliphatic heterocycles. The quantitative estimate of drug-likeness (QED) is 0.535. The molecule has 0 atom stereocenters. The molecule has 122 valence electrons. The van der Waals surface area contributed by atoms with Crippen LogP contribution in [-0.2, 0) is 6.54 Å². The number of aromatic nitrogens is 1. The van der Waals surface area contributed by atoms with Gasteiger partial charge in [0.25, 0.3) is 0 Å². The number of aromatic carboxylic acids is 1. The maximum atomic E-state index is 14.2. The number of hydrogen-bond acceptors (Lipinski definition) is 2. The fraction of sp³-hybridized carbons (Fsp3) is 0.333. The average molecular weight is 329 g/mol. The van der Waals surface area contributed by atoms with E-state index in [1.165, 1.54) is 6.92 Å². The van der Waals surface area contributed by atoms with E-state index < -0.39 is 51.1 Å². The van der Waals surface area contributed by atoms with Crippen molar-refractivity contribution < 1.29 is 27.5 Å². The summed E-state index contributed by atoms with van der Waals surface area (Å²) in [5.41, 5.74) is -2.76. The first-order chi connectivity index (χ1) is 10.8. The molecule has 1 aliphatic carbocycles. The van der Waals surface area contributed by atoms with Crippen molar-refractivity contribution in [2.75, 3.05) is 0 Å². The van der Waals surface area contributed by atoms with Crippen LogP contribution in [0.25, 0.3) is 10.9 Å². The van der Waals surface area contributed by atoms with Crippen molar-refractivity contribution in [3.8, 4) is 0 Å². The zero-order chi connectivity index (χ0) is 17.0. The number of carbonyl (C=O) groups is 1. The number of halogens is 4. The Hall–Kier alpha value is -2.38. The zero-order valence-corrected chi connectivity index (χ0v) is 11.9. The van der Waals surface area contributed by atoms with Crippen molar-refractivity contribution in [1.29, 1.82) is 0 Å². The van der Waals surface area contributed by atoms with E-state index in [4.69, 9.17) is 0 Å². The molecule has 1 aromatic carbocycles. The molecule has 23 heavy (non-hydrogen) atoms. The first-order valence-corrected chi connectivity index (χ1v) is 6.96. The smallest absolute Gasteiger partial charge is 0.341 e. The summed E-state index contributed by atoms with van der Waals surface area (Å²) in [6.45, 7) is 1.49. The van der Waals surface area contributed by atoms with Gasteiger partial charge in [0.15, 0.2) is 23.3 Å². The molecule has 0 bridgehead atoms. The highest BCUT2D eigenvalue weighted by Gasteiger charge is 2.36. The van der Waals surface area contributed by atoms with Crippen LogP contribution in [0, 0.1) is 23.3 Å². The highest BCUT2D eigenvalue weighted by molar-refractivity contribution is 5.95. The molecule has 0 spiro atoms. The lowest BCUT2D eigenvalue weighted by molar-refractivity contribution is 0.0693. The van der Waals surface area contributed by atoms with Crippen molar-refractivity contribution in [3.63, 3.8) is 0 Å². The van der Waals surface area contributed by atoms with Gasteiger partial charge in [-0.2, -0.15) is 0 Å². The Balaban J connectivity index is 2.66. The molecule has 4 nitrogen and oxygen atoms in total. The molecule has 1 N–H and O–H groups in total. The van der Waals surface area contributed by atoms with Crippen LogP contribution >= 0.6 is 0 Å². The van der Waals surface area contributed by atoms with Gasteiger partial charge in [-0.15, -0.1) is 0 Å².